The third kappa shape index (κ3) is 1.49. The largest absolute Gasteiger partial charge is 0.328 e. The van der Waals surface area contributed by atoms with Crippen LogP contribution in [0.15, 0.2) is 6.07 Å². The second-order valence-corrected chi connectivity index (χ2v) is 5.49. The van der Waals surface area contributed by atoms with E-state index in [0.717, 1.165) is 21.5 Å². The van der Waals surface area contributed by atoms with Crippen LogP contribution in [-0.2, 0) is 0 Å². The lowest BCUT2D eigenvalue weighted by Gasteiger charge is -2.32. The van der Waals surface area contributed by atoms with E-state index in [9.17, 15) is 0 Å². The summed E-state index contributed by atoms with van der Waals surface area (Å²) in [6.07, 6.45) is 2.10. The van der Waals surface area contributed by atoms with Crippen LogP contribution in [0.4, 0.5) is 0 Å². The van der Waals surface area contributed by atoms with Gasteiger partial charge in [-0.2, -0.15) is 0 Å². The molecule has 1 nitrogen and oxygen atoms in total. The summed E-state index contributed by atoms with van der Waals surface area (Å²) < 4.78 is 1.60. The first-order chi connectivity index (χ1) is 5.66. The lowest BCUT2D eigenvalue weighted by molar-refractivity contribution is 0.352. The van der Waals surface area contributed by atoms with Gasteiger partial charge in [-0.05, 0) is 30.4 Å². The molecule has 0 atom stereocenters. The Morgan fingerprint density at radius 2 is 2.08 bits per heavy atom. The van der Waals surface area contributed by atoms with Crippen molar-refractivity contribution in [2.75, 3.05) is 0 Å². The highest BCUT2D eigenvalue weighted by molar-refractivity contribution is 7.20. The zero-order valence-corrected chi connectivity index (χ0v) is 8.72. The molecule has 0 unspecified atom stereocenters. The minimum absolute atomic E-state index is 0.366. The van der Waals surface area contributed by atoms with Gasteiger partial charge < -0.3 is 5.73 Å². The Labute approximate surface area is 85.5 Å². The van der Waals surface area contributed by atoms with Crippen molar-refractivity contribution in [1.29, 1.82) is 0 Å². The number of rotatable bonds is 1. The highest BCUT2D eigenvalue weighted by Gasteiger charge is 2.29. The fraction of sp³-hybridized carbons (Fsp3) is 0.500. The van der Waals surface area contributed by atoms with Gasteiger partial charge in [0, 0.05) is 6.04 Å². The van der Waals surface area contributed by atoms with Crippen LogP contribution < -0.4 is 5.73 Å². The number of hydrogen-bond acceptors (Lipinski definition) is 2. The van der Waals surface area contributed by atoms with Gasteiger partial charge in [-0.1, -0.05) is 23.2 Å². The molecular weight excluding hydrogens is 213 g/mol. The van der Waals surface area contributed by atoms with E-state index in [1.807, 2.05) is 6.07 Å². The maximum Gasteiger partial charge on any atom is 0.0978 e. The summed E-state index contributed by atoms with van der Waals surface area (Å²) in [6, 6.07) is 2.33. The lowest BCUT2D eigenvalue weighted by Crippen LogP contribution is -2.34. The summed E-state index contributed by atoms with van der Waals surface area (Å²) in [4.78, 5) is 0. The van der Waals surface area contributed by atoms with Gasteiger partial charge in [0.2, 0.25) is 0 Å². The Bertz CT molecular complexity index is 291. The van der Waals surface area contributed by atoms with Crippen molar-refractivity contribution in [3.05, 3.63) is 20.3 Å². The van der Waals surface area contributed by atoms with Crippen LogP contribution >= 0.6 is 34.5 Å². The maximum absolute atomic E-state index is 5.99. The van der Waals surface area contributed by atoms with Crippen molar-refractivity contribution < 1.29 is 0 Å². The van der Waals surface area contributed by atoms with Crippen LogP contribution in [0.25, 0.3) is 0 Å². The molecule has 1 aliphatic rings. The number of halogens is 2. The number of thiophene rings is 1. The average molecular weight is 222 g/mol. The van der Waals surface area contributed by atoms with Gasteiger partial charge in [0.05, 0.1) is 8.67 Å². The predicted molar refractivity (Wildman–Crippen MR) is 54.3 cm³/mol. The van der Waals surface area contributed by atoms with Crippen LogP contribution in [0.2, 0.25) is 8.67 Å². The molecule has 2 N–H and O–H groups in total. The van der Waals surface area contributed by atoms with Gasteiger partial charge in [-0.3, -0.25) is 0 Å². The van der Waals surface area contributed by atoms with E-state index < -0.39 is 0 Å². The molecule has 1 heterocycles. The molecule has 0 spiro atoms. The fourth-order valence-corrected chi connectivity index (χ4v) is 3.17. The summed E-state index contributed by atoms with van der Waals surface area (Å²) in [5.41, 5.74) is 6.88. The molecule has 12 heavy (non-hydrogen) atoms. The van der Waals surface area contributed by atoms with Crippen LogP contribution in [0, 0.1) is 0 Å². The molecule has 0 aliphatic heterocycles. The highest BCUT2D eigenvalue weighted by atomic mass is 35.5. The second-order valence-electron chi connectivity index (χ2n) is 3.21. The van der Waals surface area contributed by atoms with E-state index in [0.29, 0.717) is 12.0 Å². The van der Waals surface area contributed by atoms with Crippen molar-refractivity contribution >= 4 is 34.5 Å². The molecule has 0 bridgehead atoms. The zero-order valence-electron chi connectivity index (χ0n) is 6.39. The Kier molecular flexibility index (Phi) is 2.34. The predicted octanol–water partition coefficient (Wildman–Crippen LogP) is 3.26. The molecule has 0 aromatic carbocycles. The van der Waals surface area contributed by atoms with Crippen molar-refractivity contribution in [3.63, 3.8) is 0 Å². The Balaban J connectivity index is 2.17. The van der Waals surface area contributed by atoms with Gasteiger partial charge >= 0.3 is 0 Å². The second kappa shape index (κ2) is 3.18. The molecule has 1 aromatic heterocycles. The summed E-state index contributed by atoms with van der Waals surface area (Å²) in [5.74, 6) is 0.552. The molecule has 2 rings (SSSR count). The van der Waals surface area contributed by atoms with Crippen LogP contribution in [0.3, 0.4) is 0 Å². The summed E-state index contributed by atoms with van der Waals surface area (Å²) in [5, 5.41) is 0. The quantitative estimate of drug-likeness (QED) is 0.775. The Morgan fingerprint density at radius 3 is 2.50 bits per heavy atom. The van der Waals surface area contributed by atoms with Crippen molar-refractivity contribution in [3.8, 4) is 0 Å². The first-order valence-electron chi connectivity index (χ1n) is 3.87. The first-order valence-corrected chi connectivity index (χ1v) is 5.44. The topological polar surface area (TPSA) is 26.0 Å². The van der Waals surface area contributed by atoms with E-state index in [2.05, 4.69) is 0 Å². The molecule has 1 aliphatic carbocycles. The number of nitrogens with two attached hydrogens (primary N) is 1. The first kappa shape index (κ1) is 8.82. The van der Waals surface area contributed by atoms with Crippen molar-refractivity contribution in [1.82, 2.24) is 0 Å². The SMILES string of the molecule is NC1CC(c2cc(Cl)sc2Cl)C1. The van der Waals surface area contributed by atoms with E-state index in [-0.39, 0.29) is 0 Å². The Morgan fingerprint density at radius 1 is 1.42 bits per heavy atom. The number of hydrogen-bond donors (Lipinski definition) is 1. The third-order valence-electron chi connectivity index (χ3n) is 2.30. The molecule has 0 amide bonds. The summed E-state index contributed by atoms with van der Waals surface area (Å²) >= 11 is 13.3. The normalized spacial score (nSPS) is 28.6. The maximum atomic E-state index is 5.99. The lowest BCUT2D eigenvalue weighted by atomic mass is 9.77. The molecule has 0 radical (unpaired) electrons. The van der Waals surface area contributed by atoms with E-state index in [1.54, 1.807) is 0 Å². The molecule has 1 fully saturated rings. The van der Waals surface area contributed by atoms with Gasteiger partial charge in [0.15, 0.2) is 0 Å². The smallest absolute Gasteiger partial charge is 0.0978 e. The third-order valence-corrected chi connectivity index (χ3v) is 3.82. The summed E-state index contributed by atoms with van der Waals surface area (Å²) in [7, 11) is 0. The molecule has 0 saturated heterocycles. The van der Waals surface area contributed by atoms with Gasteiger partial charge in [0.1, 0.15) is 0 Å². The Hall–Kier alpha value is 0.240. The fourth-order valence-electron chi connectivity index (χ4n) is 1.55. The molecule has 4 heteroatoms. The monoisotopic (exact) mass is 221 g/mol. The molecular formula is C8H9Cl2NS. The van der Waals surface area contributed by atoms with Crippen LogP contribution in [0.5, 0.6) is 0 Å². The van der Waals surface area contributed by atoms with E-state index in [1.165, 1.54) is 16.9 Å². The minimum Gasteiger partial charge on any atom is -0.328 e. The van der Waals surface area contributed by atoms with Crippen molar-refractivity contribution in [2.45, 2.75) is 24.8 Å². The van der Waals surface area contributed by atoms with Crippen LogP contribution in [-0.4, -0.2) is 6.04 Å². The van der Waals surface area contributed by atoms with Gasteiger partial charge in [-0.25, -0.2) is 0 Å². The van der Waals surface area contributed by atoms with Crippen LogP contribution in [0.1, 0.15) is 24.3 Å². The van der Waals surface area contributed by atoms with E-state index in [4.69, 9.17) is 28.9 Å². The molecule has 1 saturated carbocycles. The molecule has 1 aromatic rings. The standard InChI is InChI=1S/C8H9Cl2NS/c9-7-3-6(8(10)12-7)4-1-5(11)2-4/h3-5H,1-2,11H2. The summed E-state index contributed by atoms with van der Waals surface area (Å²) in [6.45, 7) is 0. The zero-order chi connectivity index (χ0) is 8.72. The van der Waals surface area contributed by atoms with Gasteiger partial charge in [0.25, 0.3) is 0 Å². The van der Waals surface area contributed by atoms with E-state index >= 15 is 0 Å². The minimum atomic E-state index is 0.366. The van der Waals surface area contributed by atoms with Gasteiger partial charge in [-0.15, -0.1) is 11.3 Å². The van der Waals surface area contributed by atoms with Crippen molar-refractivity contribution in [2.24, 2.45) is 5.73 Å². The molecule has 66 valence electrons. The highest BCUT2D eigenvalue weighted by Crippen LogP contribution is 2.43. The average Bonchev–Trinajstić information content (AvgIpc) is 2.23.